The van der Waals surface area contributed by atoms with E-state index in [9.17, 15) is 0 Å². The smallest absolute Gasteiger partial charge is 0.418 e. The van der Waals surface area contributed by atoms with E-state index in [1.165, 1.54) is 5.43 Å². The summed E-state index contributed by atoms with van der Waals surface area (Å²) in [5, 5.41) is 7.49. The number of halogens is 1. The number of aryl methyl sites for hydroxylation is 1. The molecule has 4 N–H and O–H groups in total. The van der Waals surface area contributed by atoms with E-state index in [1.807, 2.05) is 25.1 Å². The Morgan fingerprint density at radius 1 is 1.62 bits per heavy atom. The van der Waals surface area contributed by atoms with Crippen molar-refractivity contribution in [2.45, 2.75) is 6.92 Å². The Kier molecular flexibility index (Phi) is 9.58. The van der Waals surface area contributed by atoms with Gasteiger partial charge in [-0.3, -0.25) is 10.4 Å². The predicted octanol–water partition coefficient (Wildman–Crippen LogP) is 0.940. The fourth-order valence-electron chi connectivity index (χ4n) is 0.448. The van der Waals surface area contributed by atoms with Gasteiger partial charge in [0.25, 0.3) is 0 Å². The molecule has 1 rings (SSSR count). The van der Waals surface area contributed by atoms with Gasteiger partial charge in [-0.05, 0) is 19.1 Å². The van der Waals surface area contributed by atoms with Gasteiger partial charge in [-0.1, -0.05) is 6.07 Å². The van der Waals surface area contributed by atoms with Crippen molar-refractivity contribution in [2.24, 2.45) is 5.84 Å². The van der Waals surface area contributed by atoms with Crippen molar-refractivity contribution in [2.75, 3.05) is 0 Å². The van der Waals surface area contributed by atoms with Crippen LogP contribution in [0.3, 0.4) is 0 Å². The molecule has 0 fully saturated rings. The van der Waals surface area contributed by atoms with Gasteiger partial charge >= 0.3 is 6.09 Å². The third-order valence-electron chi connectivity index (χ3n) is 0.936. The standard InChI is InChI=1S/C6H7N.CH4N2O2.ClH/c1-6-4-2-3-5-7-6;2-3-1(4)5;/h2-5H,1H3;3H,2H2,(H,4,5);1H. The van der Waals surface area contributed by atoms with Crippen LogP contribution in [0.4, 0.5) is 4.79 Å². The normalized spacial score (nSPS) is 7.23. The minimum Gasteiger partial charge on any atom is -0.464 e. The zero-order valence-corrected chi connectivity index (χ0v) is 7.91. The summed E-state index contributed by atoms with van der Waals surface area (Å²) in [7, 11) is 0. The second-order valence-electron chi connectivity index (χ2n) is 1.92. The quantitative estimate of drug-likeness (QED) is 0.334. The summed E-state index contributed by atoms with van der Waals surface area (Å²) in [6.07, 6.45) is 0.569. The van der Waals surface area contributed by atoms with E-state index in [0.717, 1.165) is 5.69 Å². The lowest BCUT2D eigenvalue weighted by Gasteiger charge is -1.82. The topological polar surface area (TPSA) is 88.2 Å². The lowest BCUT2D eigenvalue weighted by molar-refractivity contribution is 0.194. The minimum absolute atomic E-state index is 0. The fraction of sp³-hybridized carbons (Fsp3) is 0.143. The number of carboxylic acid groups (broad SMARTS) is 1. The van der Waals surface area contributed by atoms with Crippen LogP contribution < -0.4 is 11.3 Å². The SMILES string of the molecule is Cc1ccccn1.Cl.NNC(=O)O. The number of hydrazine groups is 1. The zero-order chi connectivity index (χ0) is 9.40. The molecule has 1 amide bonds. The molecule has 6 heteroatoms. The van der Waals surface area contributed by atoms with E-state index >= 15 is 0 Å². The van der Waals surface area contributed by atoms with Gasteiger partial charge < -0.3 is 5.11 Å². The largest absolute Gasteiger partial charge is 0.464 e. The molecule has 0 atom stereocenters. The van der Waals surface area contributed by atoms with Crippen molar-refractivity contribution in [3.63, 3.8) is 0 Å². The summed E-state index contributed by atoms with van der Waals surface area (Å²) in [5.41, 5.74) is 2.52. The highest BCUT2D eigenvalue weighted by molar-refractivity contribution is 5.85. The highest BCUT2D eigenvalue weighted by atomic mass is 35.5. The molecule has 0 aliphatic heterocycles. The number of amides is 1. The zero-order valence-electron chi connectivity index (χ0n) is 7.10. The molecule has 0 aliphatic carbocycles. The molecule has 1 heterocycles. The maximum absolute atomic E-state index is 9.13. The number of pyridine rings is 1. The van der Waals surface area contributed by atoms with Crippen LogP contribution in [0.15, 0.2) is 24.4 Å². The molecule has 1 aromatic heterocycles. The van der Waals surface area contributed by atoms with E-state index in [2.05, 4.69) is 10.8 Å². The van der Waals surface area contributed by atoms with E-state index in [-0.39, 0.29) is 12.4 Å². The van der Waals surface area contributed by atoms with Crippen LogP contribution in [0.5, 0.6) is 0 Å². The van der Waals surface area contributed by atoms with Crippen LogP contribution >= 0.6 is 12.4 Å². The summed E-state index contributed by atoms with van der Waals surface area (Å²) in [4.78, 5) is 13.1. The lowest BCUT2D eigenvalue weighted by atomic mass is 10.4. The molecule has 0 radical (unpaired) electrons. The third kappa shape index (κ3) is 10.7. The van der Waals surface area contributed by atoms with Gasteiger partial charge in [0.15, 0.2) is 0 Å². The second kappa shape index (κ2) is 8.76. The van der Waals surface area contributed by atoms with Crippen molar-refractivity contribution in [1.82, 2.24) is 10.4 Å². The Bertz CT molecular complexity index is 230. The molecular weight excluding hydrogens is 194 g/mol. The molecule has 0 unspecified atom stereocenters. The fourth-order valence-corrected chi connectivity index (χ4v) is 0.448. The van der Waals surface area contributed by atoms with Crippen LogP contribution in [0.2, 0.25) is 0 Å². The average molecular weight is 206 g/mol. The van der Waals surface area contributed by atoms with Crippen LogP contribution in [-0.4, -0.2) is 16.2 Å². The Morgan fingerprint density at radius 3 is 2.31 bits per heavy atom. The first-order chi connectivity index (χ1) is 5.66. The molecule has 13 heavy (non-hydrogen) atoms. The number of hydrogen-bond acceptors (Lipinski definition) is 3. The van der Waals surface area contributed by atoms with Gasteiger partial charge in [0.05, 0.1) is 0 Å². The summed E-state index contributed by atoms with van der Waals surface area (Å²) >= 11 is 0. The van der Waals surface area contributed by atoms with Crippen LogP contribution in [-0.2, 0) is 0 Å². The van der Waals surface area contributed by atoms with Crippen LogP contribution in [0.25, 0.3) is 0 Å². The number of rotatable bonds is 0. The van der Waals surface area contributed by atoms with Crippen LogP contribution in [0, 0.1) is 6.92 Å². The van der Waals surface area contributed by atoms with Gasteiger partial charge in [-0.2, -0.15) is 0 Å². The molecule has 5 nitrogen and oxygen atoms in total. The number of nitrogens with one attached hydrogen (secondary N) is 1. The van der Waals surface area contributed by atoms with Gasteiger partial charge in [0.2, 0.25) is 0 Å². The van der Waals surface area contributed by atoms with Crippen molar-refractivity contribution in [3.8, 4) is 0 Å². The highest BCUT2D eigenvalue weighted by Gasteiger charge is 1.77. The molecule has 0 aliphatic rings. The number of carbonyl (C=O) groups is 1. The highest BCUT2D eigenvalue weighted by Crippen LogP contribution is 1.85. The van der Waals surface area contributed by atoms with Crippen molar-refractivity contribution >= 4 is 18.5 Å². The van der Waals surface area contributed by atoms with Gasteiger partial charge in [-0.15, -0.1) is 12.4 Å². The summed E-state index contributed by atoms with van der Waals surface area (Å²) in [6.45, 7) is 1.97. The monoisotopic (exact) mass is 205 g/mol. The molecule has 74 valence electrons. The number of hydrogen-bond donors (Lipinski definition) is 3. The Morgan fingerprint density at radius 2 is 2.15 bits per heavy atom. The maximum Gasteiger partial charge on any atom is 0.418 e. The number of nitrogens with two attached hydrogens (primary N) is 1. The third-order valence-corrected chi connectivity index (χ3v) is 0.936. The minimum atomic E-state index is -1.22. The summed E-state index contributed by atoms with van der Waals surface area (Å²) < 4.78 is 0. The molecule has 0 saturated heterocycles. The first-order valence-corrected chi connectivity index (χ1v) is 3.24. The molecule has 0 bridgehead atoms. The van der Waals surface area contributed by atoms with Crippen molar-refractivity contribution in [3.05, 3.63) is 30.1 Å². The molecule has 0 saturated carbocycles. The Balaban J connectivity index is 0. The Labute approximate surface area is 82.4 Å². The van der Waals surface area contributed by atoms with E-state index < -0.39 is 6.09 Å². The van der Waals surface area contributed by atoms with Crippen molar-refractivity contribution in [1.29, 1.82) is 0 Å². The van der Waals surface area contributed by atoms with Gasteiger partial charge in [0.1, 0.15) is 0 Å². The first kappa shape index (κ1) is 14.2. The second-order valence-corrected chi connectivity index (χ2v) is 1.92. The summed E-state index contributed by atoms with van der Waals surface area (Å²) in [6, 6.07) is 5.86. The van der Waals surface area contributed by atoms with E-state index in [1.54, 1.807) is 6.20 Å². The van der Waals surface area contributed by atoms with Gasteiger partial charge in [-0.25, -0.2) is 10.6 Å². The molecule has 0 aromatic carbocycles. The van der Waals surface area contributed by atoms with Crippen LogP contribution in [0.1, 0.15) is 5.69 Å². The van der Waals surface area contributed by atoms with E-state index in [0.29, 0.717) is 0 Å². The predicted molar refractivity (Wildman–Crippen MR) is 51.6 cm³/mol. The van der Waals surface area contributed by atoms with Gasteiger partial charge in [0, 0.05) is 11.9 Å². The molecule has 1 aromatic rings. The Hall–Kier alpha value is -1.33. The van der Waals surface area contributed by atoms with Crippen molar-refractivity contribution < 1.29 is 9.90 Å². The first-order valence-electron chi connectivity index (χ1n) is 3.24. The number of aromatic nitrogens is 1. The molecule has 0 spiro atoms. The molecular formula is C7H12ClN3O2. The summed E-state index contributed by atoms with van der Waals surface area (Å²) in [5.74, 6) is 4.32. The number of nitrogens with zero attached hydrogens (tertiary/aromatic N) is 1. The maximum atomic E-state index is 9.13. The van der Waals surface area contributed by atoms with E-state index in [4.69, 9.17) is 9.90 Å². The lowest BCUT2D eigenvalue weighted by Crippen LogP contribution is -2.27. The average Bonchev–Trinajstić information content (AvgIpc) is 2.07.